The van der Waals surface area contributed by atoms with E-state index < -0.39 is 12.1 Å². The molecular weight excluding hydrogens is 422 g/mol. The van der Waals surface area contributed by atoms with Crippen LogP contribution < -0.4 is 11.1 Å². The summed E-state index contributed by atoms with van der Waals surface area (Å²) in [5.41, 5.74) is 8.58. The Balaban J connectivity index is 0.00000125. The van der Waals surface area contributed by atoms with E-state index in [-0.39, 0.29) is 11.5 Å². The van der Waals surface area contributed by atoms with E-state index in [1.165, 1.54) is 18.0 Å². The van der Waals surface area contributed by atoms with Gasteiger partial charge in [-0.05, 0) is 37.0 Å². The molecule has 2 aromatic heterocycles. The Morgan fingerprint density at radius 2 is 1.97 bits per heavy atom. The number of ether oxygens (including phenoxy) is 2. The van der Waals surface area contributed by atoms with Crippen LogP contribution in [-0.4, -0.2) is 40.4 Å². The van der Waals surface area contributed by atoms with Gasteiger partial charge in [0.05, 0.1) is 13.7 Å². The minimum absolute atomic E-state index is 0.212. The average Bonchev–Trinajstić information content (AvgIpc) is 3.15. The van der Waals surface area contributed by atoms with Gasteiger partial charge in [0.1, 0.15) is 11.8 Å². The zero-order valence-electron chi connectivity index (χ0n) is 20.3. The SMILES string of the molecule is C=C/C(=C\C=C(/C)NC(=O)OC)c1cc(C(=O)OCCCC)n2ncnc(N)c12.CC(C)C. The molecule has 9 nitrogen and oxygen atoms in total. The molecule has 0 aliphatic rings. The molecule has 0 fully saturated rings. The number of fused-ring (bicyclic) bond motifs is 1. The number of nitrogen functional groups attached to an aromatic ring is 1. The molecule has 0 spiro atoms. The van der Waals surface area contributed by atoms with Crippen molar-refractivity contribution in [2.24, 2.45) is 5.92 Å². The van der Waals surface area contributed by atoms with Crippen molar-refractivity contribution in [1.29, 1.82) is 0 Å². The Hall–Kier alpha value is -3.62. The third-order valence-corrected chi connectivity index (χ3v) is 4.05. The summed E-state index contributed by atoms with van der Waals surface area (Å²) in [5.74, 6) is 0.545. The first-order valence-corrected chi connectivity index (χ1v) is 10.8. The molecular formula is C24H35N5O4. The minimum atomic E-state index is -0.573. The highest BCUT2D eigenvalue weighted by Crippen LogP contribution is 2.28. The third kappa shape index (κ3) is 8.44. The molecule has 0 saturated carbocycles. The van der Waals surface area contributed by atoms with Crippen molar-refractivity contribution in [1.82, 2.24) is 19.9 Å². The van der Waals surface area contributed by atoms with Crippen LogP contribution in [0.15, 0.2) is 42.9 Å². The summed E-state index contributed by atoms with van der Waals surface area (Å²) in [6, 6.07) is 1.64. The molecule has 0 aliphatic heterocycles. The highest BCUT2D eigenvalue weighted by atomic mass is 16.5. The molecule has 2 rings (SSSR count). The largest absolute Gasteiger partial charge is 0.461 e. The van der Waals surface area contributed by atoms with Gasteiger partial charge in [-0.25, -0.2) is 19.1 Å². The Morgan fingerprint density at radius 1 is 1.30 bits per heavy atom. The Morgan fingerprint density at radius 3 is 2.55 bits per heavy atom. The smallest absolute Gasteiger partial charge is 0.411 e. The van der Waals surface area contributed by atoms with Gasteiger partial charge < -0.3 is 15.2 Å². The van der Waals surface area contributed by atoms with E-state index in [2.05, 4.69) is 47.5 Å². The number of alkyl carbamates (subject to hydrolysis) is 1. The van der Waals surface area contributed by atoms with Crippen LogP contribution in [0, 0.1) is 5.92 Å². The number of allylic oxidation sites excluding steroid dienone is 5. The number of esters is 1. The lowest BCUT2D eigenvalue weighted by molar-refractivity contribution is 0.0490. The van der Waals surface area contributed by atoms with Gasteiger partial charge in [0.15, 0.2) is 11.5 Å². The lowest BCUT2D eigenvalue weighted by Gasteiger charge is -2.05. The fraction of sp³-hybridized carbons (Fsp3) is 0.417. The molecule has 0 atom stereocenters. The van der Waals surface area contributed by atoms with E-state index in [0.29, 0.717) is 29.0 Å². The summed E-state index contributed by atoms with van der Waals surface area (Å²) < 4.78 is 11.3. The number of carbonyl (C=O) groups excluding carboxylic acids is 2. The molecule has 9 heteroatoms. The van der Waals surface area contributed by atoms with Crippen LogP contribution in [0.5, 0.6) is 0 Å². The van der Waals surface area contributed by atoms with Gasteiger partial charge >= 0.3 is 12.1 Å². The normalized spacial score (nSPS) is 11.6. The Labute approximate surface area is 195 Å². The number of methoxy groups -OCH3 is 1. The van der Waals surface area contributed by atoms with Gasteiger partial charge in [-0.15, -0.1) is 0 Å². The summed E-state index contributed by atoms with van der Waals surface area (Å²) in [5, 5.41) is 6.70. The maximum Gasteiger partial charge on any atom is 0.411 e. The lowest BCUT2D eigenvalue weighted by Crippen LogP contribution is -2.20. The van der Waals surface area contributed by atoms with E-state index in [1.54, 1.807) is 31.2 Å². The van der Waals surface area contributed by atoms with Gasteiger partial charge in [-0.1, -0.05) is 52.8 Å². The quantitative estimate of drug-likeness (QED) is 0.333. The monoisotopic (exact) mass is 457 g/mol. The average molecular weight is 458 g/mol. The second-order valence-corrected chi connectivity index (χ2v) is 7.86. The van der Waals surface area contributed by atoms with Gasteiger partial charge in [-0.2, -0.15) is 5.10 Å². The second-order valence-electron chi connectivity index (χ2n) is 7.86. The summed E-state index contributed by atoms with van der Waals surface area (Å²) in [4.78, 5) is 27.9. The number of nitrogens with zero attached hydrogens (tertiary/aromatic N) is 3. The van der Waals surface area contributed by atoms with E-state index in [4.69, 9.17) is 10.5 Å². The summed E-state index contributed by atoms with van der Waals surface area (Å²) in [7, 11) is 1.28. The zero-order chi connectivity index (χ0) is 25.0. The topological polar surface area (TPSA) is 121 Å². The van der Waals surface area contributed by atoms with E-state index in [9.17, 15) is 9.59 Å². The third-order valence-electron chi connectivity index (χ3n) is 4.05. The number of aromatic nitrogens is 3. The Kier molecular flexibility index (Phi) is 11.4. The summed E-state index contributed by atoms with van der Waals surface area (Å²) >= 11 is 0. The van der Waals surface area contributed by atoms with Crippen molar-refractivity contribution in [3.05, 3.63) is 54.2 Å². The number of rotatable bonds is 8. The molecule has 0 saturated heterocycles. The van der Waals surface area contributed by atoms with Gasteiger partial charge in [0.25, 0.3) is 0 Å². The van der Waals surface area contributed by atoms with E-state index in [0.717, 1.165) is 18.8 Å². The maximum atomic E-state index is 12.5. The first-order valence-electron chi connectivity index (χ1n) is 10.8. The van der Waals surface area contributed by atoms with Crippen LogP contribution in [0.25, 0.3) is 11.1 Å². The number of carbonyl (C=O) groups is 2. The molecule has 0 aromatic carbocycles. The van der Waals surface area contributed by atoms with Crippen molar-refractivity contribution >= 4 is 29.0 Å². The highest BCUT2D eigenvalue weighted by molar-refractivity contribution is 5.97. The van der Waals surface area contributed by atoms with Crippen molar-refractivity contribution < 1.29 is 19.1 Å². The summed E-state index contributed by atoms with van der Waals surface area (Å²) in [6.45, 7) is 14.4. The lowest BCUT2D eigenvalue weighted by atomic mass is 10.1. The van der Waals surface area contributed by atoms with E-state index >= 15 is 0 Å². The van der Waals surface area contributed by atoms with Crippen LogP contribution in [0.4, 0.5) is 10.6 Å². The number of nitrogens with two attached hydrogens (primary N) is 1. The van der Waals surface area contributed by atoms with Crippen molar-refractivity contribution in [3.63, 3.8) is 0 Å². The van der Waals surface area contributed by atoms with Gasteiger partial charge in [0.2, 0.25) is 0 Å². The molecule has 0 bridgehead atoms. The maximum absolute atomic E-state index is 12.5. The molecule has 33 heavy (non-hydrogen) atoms. The number of hydrogen-bond acceptors (Lipinski definition) is 7. The standard InChI is InChI=1S/C20H25N5O4.C4H10/c1-5-7-10-29-19(26)16-11-15(17-18(21)22-12-23-25(16)17)14(6-2)9-8-13(3)24-20(27)28-4;1-4(2)3/h6,8-9,11-12H,2,5,7,10H2,1,3-4H3,(H,24,27)(H2,21,22,23);4H,1-3H3/b13-8+,14-9+;. The number of nitrogens with one attached hydrogen (secondary N) is 1. The number of anilines is 1. The van der Waals surface area contributed by atoms with Gasteiger partial charge in [0, 0.05) is 11.3 Å². The molecule has 180 valence electrons. The molecule has 3 N–H and O–H groups in total. The van der Waals surface area contributed by atoms with Crippen LogP contribution in [0.2, 0.25) is 0 Å². The molecule has 0 unspecified atom stereocenters. The van der Waals surface area contributed by atoms with Gasteiger partial charge in [-0.3, -0.25) is 5.32 Å². The highest BCUT2D eigenvalue weighted by Gasteiger charge is 2.21. The molecule has 2 heterocycles. The first kappa shape index (κ1) is 27.4. The van der Waals surface area contributed by atoms with Crippen molar-refractivity contribution in [2.75, 3.05) is 19.5 Å². The summed E-state index contributed by atoms with van der Waals surface area (Å²) in [6.07, 6.45) is 7.40. The molecule has 0 radical (unpaired) electrons. The fourth-order valence-corrected chi connectivity index (χ4v) is 2.55. The number of unbranched alkanes of at least 4 members (excludes halogenated alkanes) is 1. The number of amides is 1. The Bertz CT molecular complexity index is 1020. The van der Waals surface area contributed by atoms with E-state index in [1.807, 2.05) is 6.92 Å². The number of hydrogen-bond donors (Lipinski definition) is 2. The zero-order valence-corrected chi connectivity index (χ0v) is 20.3. The first-order chi connectivity index (χ1) is 15.7. The predicted octanol–water partition coefficient (Wildman–Crippen LogP) is 4.76. The predicted molar refractivity (Wildman–Crippen MR) is 131 cm³/mol. The molecule has 2 aromatic rings. The second kappa shape index (κ2) is 13.7. The van der Waals surface area contributed by atoms with Crippen molar-refractivity contribution in [2.45, 2.75) is 47.5 Å². The van der Waals surface area contributed by atoms with Crippen molar-refractivity contribution in [3.8, 4) is 0 Å². The molecule has 0 aliphatic carbocycles. The molecule has 1 amide bonds. The van der Waals surface area contributed by atoms with Crippen LogP contribution in [-0.2, 0) is 9.47 Å². The fourth-order valence-electron chi connectivity index (χ4n) is 2.55. The van der Waals surface area contributed by atoms with Crippen LogP contribution in [0.3, 0.4) is 0 Å². The minimum Gasteiger partial charge on any atom is -0.461 e. The van der Waals surface area contributed by atoms with Crippen LogP contribution >= 0.6 is 0 Å². The van der Waals surface area contributed by atoms with Crippen LogP contribution in [0.1, 0.15) is 63.5 Å².